The molecule has 7 heteroatoms. The molecule has 0 bridgehead atoms. The van der Waals surface area contributed by atoms with Gasteiger partial charge in [-0.3, -0.25) is 0 Å². The number of hydrogen-bond donors (Lipinski definition) is 1. The first-order valence-electron chi connectivity index (χ1n) is 5.26. The molecular formula is C11H11BrFN3O2. The molecular weight excluding hydrogens is 305 g/mol. The van der Waals surface area contributed by atoms with Crippen LogP contribution in [-0.2, 0) is 11.3 Å². The Morgan fingerprint density at radius 2 is 2.28 bits per heavy atom. The fourth-order valence-corrected chi connectivity index (χ4v) is 1.95. The summed E-state index contributed by atoms with van der Waals surface area (Å²) in [6, 6.07) is 4.68. The van der Waals surface area contributed by atoms with E-state index in [0.29, 0.717) is 15.9 Å². The van der Waals surface area contributed by atoms with Crippen LogP contribution in [0.5, 0.6) is 0 Å². The Labute approximate surface area is 111 Å². The summed E-state index contributed by atoms with van der Waals surface area (Å²) in [6.45, 7) is 0.413. The Morgan fingerprint density at radius 3 is 3.00 bits per heavy atom. The van der Waals surface area contributed by atoms with E-state index in [1.165, 1.54) is 10.7 Å². The van der Waals surface area contributed by atoms with Crippen LogP contribution in [-0.4, -0.2) is 33.3 Å². The minimum Gasteiger partial charge on any atom is -0.394 e. The number of rotatable bonds is 5. The van der Waals surface area contributed by atoms with Gasteiger partial charge in [0.2, 0.25) is 0 Å². The molecule has 0 aliphatic rings. The molecule has 5 nitrogen and oxygen atoms in total. The van der Waals surface area contributed by atoms with E-state index in [9.17, 15) is 4.39 Å². The van der Waals surface area contributed by atoms with Crippen molar-refractivity contribution in [3.63, 3.8) is 0 Å². The highest BCUT2D eigenvalue weighted by molar-refractivity contribution is 9.10. The summed E-state index contributed by atoms with van der Waals surface area (Å²) in [4.78, 5) is 0. The summed E-state index contributed by atoms with van der Waals surface area (Å²) in [7, 11) is 0. The second kappa shape index (κ2) is 6.03. The van der Waals surface area contributed by atoms with Gasteiger partial charge >= 0.3 is 0 Å². The Bertz CT molecular complexity index is 513. The average molecular weight is 316 g/mol. The highest BCUT2D eigenvalue weighted by Gasteiger charge is 2.11. The molecule has 1 aromatic heterocycles. The van der Waals surface area contributed by atoms with Gasteiger partial charge in [0.05, 0.1) is 26.0 Å². The van der Waals surface area contributed by atoms with Gasteiger partial charge in [-0.05, 0) is 28.1 Å². The van der Waals surface area contributed by atoms with E-state index in [1.54, 1.807) is 18.3 Å². The molecule has 0 fully saturated rings. The van der Waals surface area contributed by atoms with Gasteiger partial charge in [0.1, 0.15) is 17.2 Å². The monoisotopic (exact) mass is 315 g/mol. The third kappa shape index (κ3) is 2.92. The van der Waals surface area contributed by atoms with E-state index in [-0.39, 0.29) is 19.8 Å². The van der Waals surface area contributed by atoms with Crippen LogP contribution in [0.2, 0.25) is 0 Å². The molecule has 1 N–H and O–H groups in total. The first kappa shape index (κ1) is 13.1. The van der Waals surface area contributed by atoms with Crippen LogP contribution in [0.1, 0.15) is 5.69 Å². The number of aliphatic hydroxyl groups excluding tert-OH is 1. The van der Waals surface area contributed by atoms with Crippen LogP contribution in [0.3, 0.4) is 0 Å². The number of aliphatic hydroxyl groups is 1. The molecule has 1 aromatic carbocycles. The zero-order chi connectivity index (χ0) is 13.0. The van der Waals surface area contributed by atoms with Gasteiger partial charge in [-0.1, -0.05) is 11.3 Å². The molecule has 1 heterocycles. The summed E-state index contributed by atoms with van der Waals surface area (Å²) >= 11 is 3.26. The molecule has 2 aromatic rings. The first-order chi connectivity index (χ1) is 8.72. The zero-order valence-electron chi connectivity index (χ0n) is 9.38. The van der Waals surface area contributed by atoms with E-state index in [0.717, 1.165) is 0 Å². The van der Waals surface area contributed by atoms with Gasteiger partial charge in [-0.2, -0.15) is 0 Å². The molecule has 0 unspecified atom stereocenters. The number of aromatic nitrogens is 3. The summed E-state index contributed by atoms with van der Waals surface area (Å²) in [5.41, 5.74) is 0.872. The molecule has 2 rings (SSSR count). The van der Waals surface area contributed by atoms with Crippen LogP contribution >= 0.6 is 15.9 Å². The van der Waals surface area contributed by atoms with Crippen LogP contribution < -0.4 is 0 Å². The standard InChI is InChI=1S/C11H11BrFN3O2/c12-9-2-1-3-10(13)11(9)16-6-8(14-15-16)7-18-5-4-17/h1-3,6,17H,4-5,7H2. The lowest BCUT2D eigenvalue weighted by Crippen LogP contribution is -2.00. The number of halogens is 2. The van der Waals surface area contributed by atoms with Crippen molar-refractivity contribution in [3.8, 4) is 5.69 Å². The van der Waals surface area contributed by atoms with Gasteiger partial charge in [-0.15, -0.1) is 5.10 Å². The van der Waals surface area contributed by atoms with Crippen LogP contribution in [0.4, 0.5) is 4.39 Å². The number of ether oxygens (including phenoxy) is 1. The lowest BCUT2D eigenvalue weighted by Gasteiger charge is -2.04. The average Bonchev–Trinajstić information content (AvgIpc) is 2.78. The zero-order valence-corrected chi connectivity index (χ0v) is 11.0. The minimum atomic E-state index is -0.392. The lowest BCUT2D eigenvalue weighted by molar-refractivity contribution is 0.0796. The molecule has 0 atom stereocenters. The van der Waals surface area contributed by atoms with E-state index in [4.69, 9.17) is 9.84 Å². The summed E-state index contributed by atoms with van der Waals surface area (Å²) in [6.07, 6.45) is 1.58. The Hall–Kier alpha value is -1.31. The molecule has 0 saturated heterocycles. The SMILES string of the molecule is OCCOCc1cn(-c2c(F)cccc2Br)nn1. The molecule has 96 valence electrons. The van der Waals surface area contributed by atoms with Crippen molar-refractivity contribution in [1.29, 1.82) is 0 Å². The van der Waals surface area contributed by atoms with Crippen molar-refractivity contribution in [1.82, 2.24) is 15.0 Å². The molecule has 0 radical (unpaired) electrons. The van der Waals surface area contributed by atoms with Gasteiger partial charge in [0.15, 0.2) is 0 Å². The summed E-state index contributed by atoms with van der Waals surface area (Å²) in [5, 5.41) is 16.3. The second-order valence-corrected chi connectivity index (χ2v) is 4.36. The number of para-hydroxylation sites is 1. The Balaban J connectivity index is 2.19. The van der Waals surface area contributed by atoms with Crippen molar-refractivity contribution in [3.05, 3.63) is 40.4 Å². The van der Waals surface area contributed by atoms with Crippen molar-refractivity contribution >= 4 is 15.9 Å². The van der Waals surface area contributed by atoms with E-state index >= 15 is 0 Å². The minimum absolute atomic E-state index is 0.0486. The molecule has 0 aliphatic heterocycles. The predicted molar refractivity (Wildman–Crippen MR) is 65.8 cm³/mol. The van der Waals surface area contributed by atoms with E-state index in [2.05, 4.69) is 26.2 Å². The Kier molecular flexibility index (Phi) is 4.40. The highest BCUT2D eigenvalue weighted by atomic mass is 79.9. The van der Waals surface area contributed by atoms with Crippen molar-refractivity contribution < 1.29 is 14.2 Å². The second-order valence-electron chi connectivity index (χ2n) is 3.50. The maximum atomic E-state index is 13.7. The maximum absolute atomic E-state index is 13.7. The predicted octanol–water partition coefficient (Wildman–Crippen LogP) is 1.68. The van der Waals surface area contributed by atoms with Crippen LogP contribution in [0.15, 0.2) is 28.9 Å². The molecule has 0 aliphatic carbocycles. The largest absolute Gasteiger partial charge is 0.394 e. The van der Waals surface area contributed by atoms with Gasteiger partial charge in [0, 0.05) is 4.47 Å². The number of hydrogen-bond acceptors (Lipinski definition) is 4. The topological polar surface area (TPSA) is 60.2 Å². The smallest absolute Gasteiger partial charge is 0.150 e. The van der Waals surface area contributed by atoms with E-state index in [1.807, 2.05) is 0 Å². The number of benzene rings is 1. The van der Waals surface area contributed by atoms with Crippen LogP contribution in [0.25, 0.3) is 5.69 Å². The van der Waals surface area contributed by atoms with Gasteiger partial charge < -0.3 is 9.84 Å². The summed E-state index contributed by atoms with van der Waals surface area (Å²) < 4.78 is 20.7. The highest BCUT2D eigenvalue weighted by Crippen LogP contribution is 2.23. The quantitative estimate of drug-likeness (QED) is 0.853. The third-order valence-electron chi connectivity index (χ3n) is 2.19. The molecule has 18 heavy (non-hydrogen) atoms. The normalized spacial score (nSPS) is 10.8. The van der Waals surface area contributed by atoms with Gasteiger partial charge in [0.25, 0.3) is 0 Å². The van der Waals surface area contributed by atoms with Crippen molar-refractivity contribution in [2.75, 3.05) is 13.2 Å². The first-order valence-corrected chi connectivity index (χ1v) is 6.06. The van der Waals surface area contributed by atoms with Gasteiger partial charge in [-0.25, -0.2) is 9.07 Å². The van der Waals surface area contributed by atoms with Crippen molar-refractivity contribution in [2.45, 2.75) is 6.61 Å². The molecule has 0 saturated carbocycles. The fraction of sp³-hybridized carbons (Fsp3) is 0.273. The third-order valence-corrected chi connectivity index (χ3v) is 2.83. The Morgan fingerprint density at radius 1 is 1.44 bits per heavy atom. The van der Waals surface area contributed by atoms with Crippen molar-refractivity contribution in [2.24, 2.45) is 0 Å². The lowest BCUT2D eigenvalue weighted by atomic mass is 10.3. The van der Waals surface area contributed by atoms with Crippen LogP contribution in [0, 0.1) is 5.82 Å². The summed E-state index contributed by atoms with van der Waals surface area (Å²) in [5.74, 6) is -0.392. The maximum Gasteiger partial charge on any atom is 0.150 e. The van der Waals surface area contributed by atoms with E-state index < -0.39 is 5.82 Å². The molecule has 0 spiro atoms. The molecule has 0 amide bonds. The number of nitrogens with zero attached hydrogens (tertiary/aromatic N) is 3. The fourth-order valence-electron chi connectivity index (χ4n) is 1.42.